The summed E-state index contributed by atoms with van der Waals surface area (Å²) >= 11 is 0. The van der Waals surface area contributed by atoms with Crippen LogP contribution in [-0.4, -0.2) is 17.4 Å². The van der Waals surface area contributed by atoms with Gasteiger partial charge in [-0.3, -0.25) is 4.79 Å². The Labute approximate surface area is 124 Å². The highest BCUT2D eigenvalue weighted by atomic mass is 16.4. The molecular formula is C17H32O3. The van der Waals surface area contributed by atoms with Crippen molar-refractivity contribution in [3.63, 3.8) is 0 Å². The molecule has 0 aromatic rings. The largest absolute Gasteiger partial charge is 0.481 e. The number of carboxylic acids is 1. The maximum absolute atomic E-state index is 11.3. The topological polar surface area (TPSA) is 54.4 Å². The van der Waals surface area contributed by atoms with Gasteiger partial charge in [-0.05, 0) is 11.8 Å². The lowest BCUT2D eigenvalue weighted by Gasteiger charge is -2.29. The molecule has 0 aromatic heterocycles. The number of aldehydes is 1. The molecule has 0 aliphatic rings. The number of carbonyl (C=O) groups excluding carboxylic acids is 1. The van der Waals surface area contributed by atoms with Gasteiger partial charge in [0, 0.05) is 6.42 Å². The average molecular weight is 284 g/mol. The van der Waals surface area contributed by atoms with Crippen LogP contribution < -0.4 is 0 Å². The summed E-state index contributed by atoms with van der Waals surface area (Å²) in [4.78, 5) is 22.0. The van der Waals surface area contributed by atoms with E-state index in [1.165, 1.54) is 38.5 Å². The van der Waals surface area contributed by atoms with Crippen LogP contribution >= 0.6 is 0 Å². The number of unbranched alkanes of at least 4 members (excludes halogenated alkanes) is 7. The molecule has 1 atom stereocenters. The van der Waals surface area contributed by atoms with Crippen molar-refractivity contribution in [3.8, 4) is 0 Å². The highest BCUT2D eigenvalue weighted by molar-refractivity contribution is 5.71. The third-order valence-electron chi connectivity index (χ3n) is 4.20. The molecule has 3 nitrogen and oxygen atoms in total. The first-order chi connectivity index (χ1) is 9.45. The van der Waals surface area contributed by atoms with E-state index in [1.54, 1.807) is 0 Å². The first-order valence-corrected chi connectivity index (χ1v) is 8.12. The number of carboxylic acid groups (broad SMARTS) is 1. The summed E-state index contributed by atoms with van der Waals surface area (Å²) < 4.78 is 0. The molecule has 118 valence electrons. The lowest BCUT2D eigenvalue weighted by molar-refractivity contribution is -0.146. The van der Waals surface area contributed by atoms with Crippen LogP contribution in [0.25, 0.3) is 0 Å². The molecule has 0 radical (unpaired) electrons. The van der Waals surface area contributed by atoms with E-state index >= 15 is 0 Å². The average Bonchev–Trinajstić information content (AvgIpc) is 2.36. The number of hydrogen-bond acceptors (Lipinski definition) is 2. The minimum atomic E-state index is -0.764. The molecule has 20 heavy (non-hydrogen) atoms. The normalized spacial score (nSPS) is 13.2. The van der Waals surface area contributed by atoms with Gasteiger partial charge in [-0.1, -0.05) is 72.1 Å². The van der Waals surface area contributed by atoms with E-state index in [0.717, 1.165) is 19.1 Å². The fourth-order valence-electron chi connectivity index (χ4n) is 2.69. The second kappa shape index (κ2) is 10.9. The van der Waals surface area contributed by atoms with Gasteiger partial charge in [-0.15, -0.1) is 0 Å². The quantitative estimate of drug-likeness (QED) is 0.389. The van der Waals surface area contributed by atoms with Gasteiger partial charge >= 0.3 is 5.97 Å². The zero-order chi connectivity index (χ0) is 15.4. The monoisotopic (exact) mass is 284 g/mol. The van der Waals surface area contributed by atoms with E-state index in [-0.39, 0.29) is 0 Å². The van der Waals surface area contributed by atoms with Gasteiger partial charge in [-0.25, -0.2) is 0 Å². The maximum atomic E-state index is 11.3. The minimum Gasteiger partial charge on any atom is -0.481 e. The Morgan fingerprint density at radius 1 is 1.05 bits per heavy atom. The van der Waals surface area contributed by atoms with Crippen LogP contribution in [0, 0.1) is 11.3 Å². The van der Waals surface area contributed by atoms with Gasteiger partial charge in [0.05, 0.1) is 5.92 Å². The van der Waals surface area contributed by atoms with E-state index in [4.69, 9.17) is 0 Å². The summed E-state index contributed by atoms with van der Waals surface area (Å²) in [5, 5.41) is 9.32. The minimum absolute atomic E-state index is 0.320. The summed E-state index contributed by atoms with van der Waals surface area (Å²) in [5.74, 6) is -1.17. The van der Waals surface area contributed by atoms with Crippen molar-refractivity contribution in [1.82, 2.24) is 0 Å². The number of rotatable bonds is 13. The van der Waals surface area contributed by atoms with Gasteiger partial charge in [0.2, 0.25) is 0 Å². The van der Waals surface area contributed by atoms with Crippen LogP contribution in [0.3, 0.4) is 0 Å². The molecule has 0 aliphatic carbocycles. The molecule has 1 N–H and O–H groups in total. The van der Waals surface area contributed by atoms with Crippen molar-refractivity contribution in [1.29, 1.82) is 0 Å². The molecule has 0 amide bonds. The highest BCUT2D eigenvalue weighted by Gasteiger charge is 2.34. The van der Waals surface area contributed by atoms with Crippen molar-refractivity contribution in [2.24, 2.45) is 11.3 Å². The first kappa shape index (κ1) is 19.1. The van der Waals surface area contributed by atoms with Gasteiger partial charge in [0.25, 0.3) is 0 Å². The number of hydrogen-bond donors (Lipinski definition) is 1. The standard InChI is InChI=1S/C17H32O3/c1-4-5-6-7-8-9-10-11-12-15(16(19)20)17(2,3)13-14-18/h14-15H,4-13H2,1-3H3,(H,19,20). The van der Waals surface area contributed by atoms with Gasteiger partial charge < -0.3 is 9.90 Å². The lowest BCUT2D eigenvalue weighted by Crippen LogP contribution is -2.31. The van der Waals surface area contributed by atoms with E-state index < -0.39 is 17.3 Å². The zero-order valence-electron chi connectivity index (χ0n) is 13.5. The Bertz CT molecular complexity index is 271. The van der Waals surface area contributed by atoms with Crippen molar-refractivity contribution in [2.75, 3.05) is 0 Å². The van der Waals surface area contributed by atoms with Crippen LogP contribution in [0.5, 0.6) is 0 Å². The Kier molecular flexibility index (Phi) is 10.4. The molecule has 3 heteroatoms. The molecule has 0 fully saturated rings. The summed E-state index contributed by atoms with van der Waals surface area (Å²) in [5.41, 5.74) is -0.436. The Morgan fingerprint density at radius 3 is 2.00 bits per heavy atom. The Hall–Kier alpha value is -0.860. The molecule has 0 heterocycles. The fourth-order valence-corrected chi connectivity index (χ4v) is 2.69. The summed E-state index contributed by atoms with van der Waals surface area (Å²) in [6.07, 6.45) is 11.6. The molecule has 0 saturated heterocycles. The second-order valence-electron chi connectivity index (χ2n) is 6.51. The summed E-state index contributed by atoms with van der Waals surface area (Å²) in [6.45, 7) is 5.98. The summed E-state index contributed by atoms with van der Waals surface area (Å²) in [6, 6.07) is 0. The maximum Gasteiger partial charge on any atom is 0.307 e. The van der Waals surface area contributed by atoms with E-state index in [2.05, 4.69) is 6.92 Å². The van der Waals surface area contributed by atoms with Crippen LogP contribution in [0.2, 0.25) is 0 Å². The third kappa shape index (κ3) is 8.34. The molecule has 0 spiro atoms. The molecule has 0 rings (SSSR count). The zero-order valence-corrected chi connectivity index (χ0v) is 13.5. The van der Waals surface area contributed by atoms with Gasteiger partial charge in [0.1, 0.15) is 6.29 Å². The van der Waals surface area contributed by atoms with Crippen molar-refractivity contribution >= 4 is 12.3 Å². The molecule has 0 saturated carbocycles. The van der Waals surface area contributed by atoms with Crippen molar-refractivity contribution in [3.05, 3.63) is 0 Å². The van der Waals surface area contributed by atoms with E-state index in [9.17, 15) is 14.7 Å². The highest BCUT2D eigenvalue weighted by Crippen LogP contribution is 2.34. The summed E-state index contributed by atoms with van der Waals surface area (Å²) in [7, 11) is 0. The van der Waals surface area contributed by atoms with Crippen LogP contribution in [-0.2, 0) is 9.59 Å². The smallest absolute Gasteiger partial charge is 0.307 e. The molecule has 1 unspecified atom stereocenters. The van der Waals surface area contributed by atoms with Crippen LogP contribution in [0.1, 0.15) is 85.0 Å². The molecule has 0 bridgehead atoms. The van der Waals surface area contributed by atoms with Crippen molar-refractivity contribution in [2.45, 2.75) is 85.0 Å². The third-order valence-corrected chi connectivity index (χ3v) is 4.20. The van der Waals surface area contributed by atoms with Gasteiger partial charge in [0.15, 0.2) is 0 Å². The predicted molar refractivity (Wildman–Crippen MR) is 82.8 cm³/mol. The van der Waals surface area contributed by atoms with E-state index in [1.807, 2.05) is 13.8 Å². The number of carbonyl (C=O) groups is 2. The predicted octanol–water partition coefficient (Wildman–Crippen LogP) is 4.83. The number of aliphatic carboxylic acids is 1. The Morgan fingerprint density at radius 2 is 1.55 bits per heavy atom. The SMILES string of the molecule is CCCCCCCCCCC(C(=O)O)C(C)(C)CC=O. The van der Waals surface area contributed by atoms with Crippen LogP contribution in [0.4, 0.5) is 0 Å². The van der Waals surface area contributed by atoms with Crippen molar-refractivity contribution < 1.29 is 14.7 Å². The molecular weight excluding hydrogens is 252 g/mol. The molecule has 0 aliphatic heterocycles. The second-order valence-corrected chi connectivity index (χ2v) is 6.51. The van der Waals surface area contributed by atoms with Gasteiger partial charge in [-0.2, -0.15) is 0 Å². The van der Waals surface area contributed by atoms with Crippen LogP contribution in [0.15, 0.2) is 0 Å². The first-order valence-electron chi connectivity index (χ1n) is 8.12. The fraction of sp³-hybridized carbons (Fsp3) is 0.882. The Balaban J connectivity index is 3.88. The van der Waals surface area contributed by atoms with E-state index in [0.29, 0.717) is 12.8 Å². The molecule has 0 aromatic carbocycles. The lowest BCUT2D eigenvalue weighted by atomic mass is 9.74.